The quantitative estimate of drug-likeness (QED) is 0.507. The Bertz CT molecular complexity index is 445. The maximum atomic E-state index is 12.2. The summed E-state index contributed by atoms with van der Waals surface area (Å²) in [5.41, 5.74) is 0. The highest BCUT2D eigenvalue weighted by Gasteiger charge is 2.26. The molecule has 2 amide bonds. The van der Waals surface area contributed by atoms with Crippen LogP contribution in [-0.2, 0) is 23.9 Å². The van der Waals surface area contributed by atoms with Crippen molar-refractivity contribution in [2.45, 2.75) is 58.9 Å². The van der Waals surface area contributed by atoms with E-state index < -0.39 is 0 Å². The van der Waals surface area contributed by atoms with Crippen LogP contribution in [0.15, 0.2) is 0 Å². The van der Waals surface area contributed by atoms with Crippen LogP contribution in [0.5, 0.6) is 0 Å². The molecule has 0 aromatic rings. The molecule has 0 aliphatic heterocycles. The molecule has 0 aromatic heterocycles. The average molecular weight is 370 g/mol. The van der Waals surface area contributed by atoms with Crippen molar-refractivity contribution in [3.8, 4) is 0 Å². The zero-order valence-electron chi connectivity index (χ0n) is 16.3. The van der Waals surface area contributed by atoms with Gasteiger partial charge in [-0.05, 0) is 32.6 Å². The fraction of sp³-hybridized carbons (Fsp3) is 0.842. The number of hydrogen-bond donors (Lipinski definition) is 2. The monoisotopic (exact) mass is 370 g/mol. The number of Topliss-reactive ketones (excluding diaryl/α,β-unsaturated/α-hetero) is 1. The Morgan fingerprint density at radius 1 is 1.04 bits per heavy atom. The second-order valence-electron chi connectivity index (χ2n) is 7.03. The van der Waals surface area contributed by atoms with Crippen molar-refractivity contribution in [3.05, 3.63) is 0 Å². The molecular weight excluding hydrogens is 336 g/mol. The van der Waals surface area contributed by atoms with Gasteiger partial charge in [0.1, 0.15) is 12.4 Å². The summed E-state index contributed by atoms with van der Waals surface area (Å²) in [6.45, 7) is 7.51. The molecule has 150 valence electrons. The first kappa shape index (κ1) is 22.6. The highest BCUT2D eigenvalue weighted by atomic mass is 16.5. The predicted octanol–water partition coefficient (Wildman–Crippen LogP) is 1.45. The molecule has 0 unspecified atom stereocenters. The zero-order valence-corrected chi connectivity index (χ0v) is 16.3. The number of rotatable bonds is 12. The van der Waals surface area contributed by atoms with E-state index in [1.807, 2.05) is 20.8 Å². The molecule has 0 saturated heterocycles. The summed E-state index contributed by atoms with van der Waals surface area (Å²) in [5, 5.41) is 5.84. The topological polar surface area (TPSA) is 93.7 Å². The fourth-order valence-electron chi connectivity index (χ4n) is 2.92. The lowest BCUT2D eigenvalue weighted by atomic mass is 9.85. The summed E-state index contributed by atoms with van der Waals surface area (Å²) in [7, 11) is 0. The predicted molar refractivity (Wildman–Crippen MR) is 98.7 cm³/mol. The zero-order chi connectivity index (χ0) is 19.4. The van der Waals surface area contributed by atoms with Crippen molar-refractivity contribution >= 4 is 17.6 Å². The molecule has 0 spiro atoms. The van der Waals surface area contributed by atoms with E-state index in [1.54, 1.807) is 0 Å². The molecule has 0 radical (unpaired) electrons. The Labute approximate surface area is 156 Å². The lowest BCUT2D eigenvalue weighted by molar-refractivity contribution is -0.127. The van der Waals surface area contributed by atoms with Crippen LogP contribution >= 0.6 is 0 Å². The van der Waals surface area contributed by atoms with Crippen LogP contribution in [0.3, 0.4) is 0 Å². The van der Waals surface area contributed by atoms with Gasteiger partial charge in [-0.3, -0.25) is 14.4 Å². The Balaban J connectivity index is 2.09. The highest BCUT2D eigenvalue weighted by Crippen LogP contribution is 2.24. The standard InChI is InChI=1S/C19H34N2O5/c1-4-25-13-18(23)21-16-7-5-15(6-8-16)19(24)20-10-12-26-11-9-17(22)14(2)3/h14-16H,4-13H2,1-3H3,(H,20,24)(H,21,23). The lowest BCUT2D eigenvalue weighted by Crippen LogP contribution is -2.42. The van der Waals surface area contributed by atoms with Crippen molar-refractivity contribution < 1.29 is 23.9 Å². The number of carbonyl (C=O) groups is 3. The smallest absolute Gasteiger partial charge is 0.246 e. The normalized spacial score (nSPS) is 20.0. The van der Waals surface area contributed by atoms with Gasteiger partial charge < -0.3 is 20.1 Å². The third-order valence-electron chi connectivity index (χ3n) is 4.58. The number of ether oxygens (including phenoxy) is 2. The first-order chi connectivity index (χ1) is 12.4. The Hall–Kier alpha value is -1.47. The third-order valence-corrected chi connectivity index (χ3v) is 4.58. The second kappa shape index (κ2) is 12.8. The van der Waals surface area contributed by atoms with Crippen molar-refractivity contribution in [2.75, 3.05) is 33.0 Å². The van der Waals surface area contributed by atoms with Crippen LogP contribution in [0.2, 0.25) is 0 Å². The van der Waals surface area contributed by atoms with E-state index in [0.29, 0.717) is 32.8 Å². The molecule has 0 heterocycles. The molecule has 1 saturated carbocycles. The summed E-state index contributed by atoms with van der Waals surface area (Å²) in [4.78, 5) is 35.3. The number of hydrogen-bond acceptors (Lipinski definition) is 5. The molecule has 1 rings (SSSR count). The van der Waals surface area contributed by atoms with E-state index in [4.69, 9.17) is 9.47 Å². The fourth-order valence-corrected chi connectivity index (χ4v) is 2.92. The molecule has 0 aromatic carbocycles. The molecule has 1 aliphatic rings. The van der Waals surface area contributed by atoms with Gasteiger partial charge in [-0.15, -0.1) is 0 Å². The van der Waals surface area contributed by atoms with Crippen molar-refractivity contribution in [1.82, 2.24) is 10.6 Å². The van der Waals surface area contributed by atoms with Gasteiger partial charge in [0.2, 0.25) is 11.8 Å². The maximum absolute atomic E-state index is 12.2. The van der Waals surface area contributed by atoms with Gasteiger partial charge in [0.25, 0.3) is 0 Å². The van der Waals surface area contributed by atoms with Crippen LogP contribution in [0.4, 0.5) is 0 Å². The average Bonchev–Trinajstić information content (AvgIpc) is 2.62. The molecule has 0 atom stereocenters. The Morgan fingerprint density at radius 2 is 1.73 bits per heavy atom. The Morgan fingerprint density at radius 3 is 2.35 bits per heavy atom. The van der Waals surface area contributed by atoms with Crippen LogP contribution < -0.4 is 10.6 Å². The largest absolute Gasteiger partial charge is 0.379 e. The van der Waals surface area contributed by atoms with E-state index in [1.165, 1.54) is 0 Å². The van der Waals surface area contributed by atoms with Crippen molar-refractivity contribution in [3.63, 3.8) is 0 Å². The van der Waals surface area contributed by atoms with Gasteiger partial charge in [0, 0.05) is 37.5 Å². The summed E-state index contributed by atoms with van der Waals surface area (Å²) in [6, 6.07) is 0.133. The van der Waals surface area contributed by atoms with Gasteiger partial charge in [0.15, 0.2) is 0 Å². The molecular formula is C19H34N2O5. The number of carbonyl (C=O) groups excluding carboxylic acids is 3. The first-order valence-electron chi connectivity index (χ1n) is 9.69. The van der Waals surface area contributed by atoms with Gasteiger partial charge in [-0.25, -0.2) is 0 Å². The van der Waals surface area contributed by atoms with Crippen LogP contribution in [-0.4, -0.2) is 56.6 Å². The van der Waals surface area contributed by atoms with Gasteiger partial charge >= 0.3 is 0 Å². The van der Waals surface area contributed by atoms with Crippen LogP contribution in [0.25, 0.3) is 0 Å². The van der Waals surface area contributed by atoms with Gasteiger partial charge in [-0.2, -0.15) is 0 Å². The second-order valence-corrected chi connectivity index (χ2v) is 7.03. The molecule has 1 fully saturated rings. The molecule has 0 bridgehead atoms. The minimum absolute atomic E-state index is 0.00226. The minimum Gasteiger partial charge on any atom is -0.379 e. The Kier molecular flexibility index (Phi) is 11.1. The lowest BCUT2D eigenvalue weighted by Gasteiger charge is -2.28. The summed E-state index contributed by atoms with van der Waals surface area (Å²) >= 11 is 0. The van der Waals surface area contributed by atoms with E-state index in [-0.39, 0.29) is 42.1 Å². The number of nitrogens with one attached hydrogen (secondary N) is 2. The van der Waals surface area contributed by atoms with Gasteiger partial charge in [-0.1, -0.05) is 13.8 Å². The maximum Gasteiger partial charge on any atom is 0.246 e. The molecule has 2 N–H and O–H groups in total. The number of amides is 2. The molecule has 7 nitrogen and oxygen atoms in total. The van der Waals surface area contributed by atoms with Gasteiger partial charge in [0.05, 0.1) is 13.2 Å². The van der Waals surface area contributed by atoms with Crippen molar-refractivity contribution in [1.29, 1.82) is 0 Å². The summed E-state index contributed by atoms with van der Waals surface area (Å²) in [6.07, 6.45) is 3.59. The molecule has 26 heavy (non-hydrogen) atoms. The van der Waals surface area contributed by atoms with E-state index in [2.05, 4.69) is 10.6 Å². The summed E-state index contributed by atoms with van der Waals surface area (Å²) in [5.74, 6) is 0.188. The summed E-state index contributed by atoms with van der Waals surface area (Å²) < 4.78 is 10.5. The number of ketones is 1. The van der Waals surface area contributed by atoms with Crippen LogP contribution in [0, 0.1) is 11.8 Å². The van der Waals surface area contributed by atoms with Crippen molar-refractivity contribution in [2.24, 2.45) is 11.8 Å². The highest BCUT2D eigenvalue weighted by molar-refractivity contribution is 5.80. The van der Waals surface area contributed by atoms with E-state index >= 15 is 0 Å². The SMILES string of the molecule is CCOCC(=O)NC1CCC(C(=O)NCCOCCC(=O)C(C)C)CC1. The first-order valence-corrected chi connectivity index (χ1v) is 9.69. The molecule has 1 aliphatic carbocycles. The minimum atomic E-state index is -0.0900. The molecule has 7 heteroatoms. The third kappa shape index (κ3) is 9.29. The van der Waals surface area contributed by atoms with E-state index in [9.17, 15) is 14.4 Å². The van der Waals surface area contributed by atoms with Crippen LogP contribution in [0.1, 0.15) is 52.9 Å². The van der Waals surface area contributed by atoms with E-state index in [0.717, 1.165) is 25.7 Å².